The molecule has 0 atom stereocenters. The van der Waals surface area contributed by atoms with Crippen molar-refractivity contribution in [1.29, 1.82) is 0 Å². The second-order valence-electron chi connectivity index (χ2n) is 7.26. The molecule has 10 heteroatoms. The van der Waals surface area contributed by atoms with E-state index in [1.54, 1.807) is 6.20 Å². The molecular weight excluding hydrogens is 428 g/mol. The summed E-state index contributed by atoms with van der Waals surface area (Å²) in [6.07, 6.45) is 2.02. The maximum absolute atomic E-state index is 12.5. The van der Waals surface area contributed by atoms with Gasteiger partial charge >= 0.3 is 0 Å². The van der Waals surface area contributed by atoms with Gasteiger partial charge in [0.05, 0.1) is 31.7 Å². The zero-order valence-corrected chi connectivity index (χ0v) is 18.7. The Morgan fingerprint density at radius 2 is 2.00 bits per heavy atom. The molecule has 1 aliphatic rings. The van der Waals surface area contributed by atoms with E-state index in [-0.39, 0.29) is 12.3 Å². The van der Waals surface area contributed by atoms with Gasteiger partial charge in [-0.3, -0.25) is 14.5 Å². The Labute approximate surface area is 191 Å². The molecule has 1 amide bonds. The molecule has 0 aliphatic carbocycles. The van der Waals surface area contributed by atoms with Crippen LogP contribution in [-0.2, 0) is 16.1 Å². The van der Waals surface area contributed by atoms with Crippen LogP contribution in [0.4, 0.5) is 11.5 Å². The van der Waals surface area contributed by atoms with Crippen LogP contribution in [0, 0.1) is 4.77 Å². The van der Waals surface area contributed by atoms with Crippen molar-refractivity contribution in [3.63, 3.8) is 0 Å². The highest BCUT2D eigenvalue weighted by Crippen LogP contribution is 2.22. The highest BCUT2D eigenvalue weighted by atomic mass is 32.1. The summed E-state index contributed by atoms with van der Waals surface area (Å²) < 4.78 is 13.1. The van der Waals surface area contributed by atoms with Gasteiger partial charge in [0, 0.05) is 31.6 Å². The quantitative estimate of drug-likeness (QED) is 0.504. The first-order chi connectivity index (χ1) is 15.6. The minimum atomic E-state index is -0.141. The molecule has 2 aromatic heterocycles. The Bertz CT molecular complexity index is 1090. The fraction of sp³-hybridized carbons (Fsp3) is 0.364. The summed E-state index contributed by atoms with van der Waals surface area (Å²) in [7, 11) is 0. The molecule has 0 unspecified atom stereocenters. The van der Waals surface area contributed by atoms with Crippen LogP contribution in [0.15, 0.2) is 42.6 Å². The second kappa shape index (κ2) is 10.4. The van der Waals surface area contributed by atoms with Crippen molar-refractivity contribution >= 4 is 29.6 Å². The predicted molar refractivity (Wildman–Crippen MR) is 125 cm³/mol. The number of H-pyrrole nitrogens is 1. The number of nitrogens with zero attached hydrogens (tertiary/aromatic N) is 4. The molecule has 1 aromatic carbocycles. The average molecular weight is 455 g/mol. The SMILES string of the molecule is CCOc1ccc(-c2n[nH]c(=S)n2CCC(=O)Nc2ccc(N3CCOCC3)cn2)cc1. The number of benzene rings is 1. The molecule has 1 fully saturated rings. The van der Waals surface area contributed by atoms with Crippen LogP contribution < -0.4 is 15.0 Å². The molecule has 0 spiro atoms. The predicted octanol–water partition coefficient (Wildman–Crippen LogP) is 3.27. The molecule has 4 rings (SSSR count). The second-order valence-corrected chi connectivity index (χ2v) is 7.65. The minimum absolute atomic E-state index is 0.141. The monoisotopic (exact) mass is 454 g/mol. The number of ether oxygens (including phenoxy) is 2. The van der Waals surface area contributed by atoms with E-state index in [2.05, 4.69) is 25.4 Å². The van der Waals surface area contributed by atoms with E-state index in [1.807, 2.05) is 47.9 Å². The number of carbonyl (C=O) groups is 1. The van der Waals surface area contributed by atoms with Gasteiger partial charge in [-0.05, 0) is 55.5 Å². The Hall–Kier alpha value is -3.24. The van der Waals surface area contributed by atoms with Gasteiger partial charge in [-0.1, -0.05) is 0 Å². The third-order valence-electron chi connectivity index (χ3n) is 5.14. The molecular formula is C22H26N6O3S. The first-order valence-corrected chi connectivity index (χ1v) is 11.0. The lowest BCUT2D eigenvalue weighted by Gasteiger charge is -2.28. The van der Waals surface area contributed by atoms with Crippen molar-refractivity contribution in [2.24, 2.45) is 0 Å². The number of rotatable bonds is 8. The van der Waals surface area contributed by atoms with E-state index in [0.29, 0.717) is 42.8 Å². The van der Waals surface area contributed by atoms with Gasteiger partial charge in [0.25, 0.3) is 0 Å². The highest BCUT2D eigenvalue weighted by Gasteiger charge is 2.13. The molecule has 2 N–H and O–H groups in total. The fourth-order valence-corrected chi connectivity index (χ4v) is 3.72. The van der Waals surface area contributed by atoms with Crippen molar-refractivity contribution in [3.8, 4) is 17.1 Å². The highest BCUT2D eigenvalue weighted by molar-refractivity contribution is 7.71. The molecule has 3 heterocycles. The van der Waals surface area contributed by atoms with Crippen molar-refractivity contribution in [1.82, 2.24) is 19.7 Å². The first-order valence-electron chi connectivity index (χ1n) is 10.6. The number of anilines is 2. The summed E-state index contributed by atoms with van der Waals surface area (Å²) in [5.41, 5.74) is 1.91. The van der Waals surface area contributed by atoms with Crippen LogP contribution >= 0.6 is 12.2 Å². The first kappa shape index (κ1) is 22.0. The zero-order valence-electron chi connectivity index (χ0n) is 17.9. The van der Waals surface area contributed by atoms with E-state index in [0.717, 1.165) is 30.1 Å². The third kappa shape index (κ3) is 5.32. The number of pyridine rings is 1. The van der Waals surface area contributed by atoms with Crippen molar-refractivity contribution in [2.75, 3.05) is 43.1 Å². The standard InChI is InChI=1S/C22H26N6O3S/c1-2-31-18-6-3-16(4-7-18)21-25-26-22(32)28(21)10-9-20(29)24-19-8-5-17(15-23-19)27-11-13-30-14-12-27/h3-8,15H,2,9-14H2,1H3,(H,26,32)(H,23,24,29). The van der Waals surface area contributed by atoms with Gasteiger partial charge in [0.15, 0.2) is 10.6 Å². The van der Waals surface area contributed by atoms with Crippen LogP contribution in [-0.4, -0.2) is 58.6 Å². The molecule has 0 radical (unpaired) electrons. The number of aromatic amines is 1. The lowest BCUT2D eigenvalue weighted by atomic mass is 10.2. The Balaban J connectivity index is 1.36. The van der Waals surface area contributed by atoms with Gasteiger partial charge in [-0.25, -0.2) is 4.98 Å². The van der Waals surface area contributed by atoms with Crippen molar-refractivity contribution in [2.45, 2.75) is 19.9 Å². The zero-order chi connectivity index (χ0) is 22.3. The maximum atomic E-state index is 12.5. The Morgan fingerprint density at radius 1 is 1.22 bits per heavy atom. The van der Waals surface area contributed by atoms with Gasteiger partial charge in [-0.2, -0.15) is 5.10 Å². The van der Waals surface area contributed by atoms with Crippen LogP contribution in [0.2, 0.25) is 0 Å². The van der Waals surface area contributed by atoms with E-state index >= 15 is 0 Å². The molecule has 9 nitrogen and oxygen atoms in total. The summed E-state index contributed by atoms with van der Waals surface area (Å²) in [6, 6.07) is 11.4. The van der Waals surface area contributed by atoms with Crippen LogP contribution in [0.3, 0.4) is 0 Å². The third-order valence-corrected chi connectivity index (χ3v) is 5.45. The lowest BCUT2D eigenvalue weighted by molar-refractivity contribution is -0.116. The number of aromatic nitrogens is 4. The van der Waals surface area contributed by atoms with Crippen molar-refractivity contribution in [3.05, 3.63) is 47.4 Å². The average Bonchev–Trinajstić information content (AvgIpc) is 3.20. The van der Waals surface area contributed by atoms with Gasteiger partial charge in [-0.15, -0.1) is 0 Å². The van der Waals surface area contributed by atoms with E-state index in [9.17, 15) is 4.79 Å². The Kier molecular flexibility index (Phi) is 7.13. The normalized spacial score (nSPS) is 13.7. The minimum Gasteiger partial charge on any atom is -0.494 e. The summed E-state index contributed by atoms with van der Waals surface area (Å²) in [5, 5.41) is 9.99. The number of carbonyl (C=O) groups excluding carboxylic acids is 1. The van der Waals surface area contributed by atoms with E-state index < -0.39 is 0 Å². The van der Waals surface area contributed by atoms with Crippen LogP contribution in [0.1, 0.15) is 13.3 Å². The van der Waals surface area contributed by atoms with E-state index in [4.69, 9.17) is 21.7 Å². The van der Waals surface area contributed by atoms with Crippen LogP contribution in [0.5, 0.6) is 5.75 Å². The largest absolute Gasteiger partial charge is 0.494 e. The molecule has 1 aliphatic heterocycles. The number of morpholine rings is 1. The summed E-state index contributed by atoms with van der Waals surface area (Å²) in [5.74, 6) is 1.86. The molecule has 3 aromatic rings. The number of hydrogen-bond donors (Lipinski definition) is 2. The Morgan fingerprint density at radius 3 is 2.69 bits per heavy atom. The van der Waals surface area contributed by atoms with Crippen LogP contribution in [0.25, 0.3) is 11.4 Å². The summed E-state index contributed by atoms with van der Waals surface area (Å²) in [6.45, 7) is 6.07. The molecule has 0 saturated carbocycles. The summed E-state index contributed by atoms with van der Waals surface area (Å²) >= 11 is 5.36. The molecule has 0 bridgehead atoms. The van der Waals surface area contributed by atoms with Gasteiger partial charge < -0.3 is 19.7 Å². The maximum Gasteiger partial charge on any atom is 0.227 e. The molecule has 1 saturated heterocycles. The van der Waals surface area contributed by atoms with Crippen molar-refractivity contribution < 1.29 is 14.3 Å². The van der Waals surface area contributed by atoms with Gasteiger partial charge in [0.1, 0.15) is 11.6 Å². The number of hydrogen-bond acceptors (Lipinski definition) is 7. The molecule has 32 heavy (non-hydrogen) atoms. The number of nitrogens with one attached hydrogen (secondary N) is 2. The van der Waals surface area contributed by atoms with E-state index in [1.165, 1.54) is 0 Å². The molecule has 168 valence electrons. The fourth-order valence-electron chi connectivity index (χ4n) is 3.50. The number of amides is 1. The lowest BCUT2D eigenvalue weighted by Crippen LogP contribution is -2.36. The van der Waals surface area contributed by atoms with Gasteiger partial charge in [0.2, 0.25) is 5.91 Å². The topological polar surface area (TPSA) is 97.3 Å². The smallest absolute Gasteiger partial charge is 0.227 e. The summed E-state index contributed by atoms with van der Waals surface area (Å²) in [4.78, 5) is 19.1.